The number of aromatic nitrogens is 4. The van der Waals surface area contributed by atoms with E-state index in [4.69, 9.17) is 5.41 Å². The molecule has 0 saturated carbocycles. The maximum absolute atomic E-state index is 10.7. The molecule has 1 atom stereocenters. The van der Waals surface area contributed by atoms with E-state index in [1.165, 1.54) is 6.21 Å². The van der Waals surface area contributed by atoms with Gasteiger partial charge in [-0.2, -0.15) is 0 Å². The largest absolute Gasteiger partial charge is 0.507 e. The summed E-state index contributed by atoms with van der Waals surface area (Å²) in [6, 6.07) is 9.36. The zero-order valence-electron chi connectivity index (χ0n) is 19.4. The molecule has 4 rings (SSSR count). The molecule has 1 saturated heterocycles. The highest BCUT2D eigenvalue weighted by Gasteiger charge is 2.27. The minimum atomic E-state index is 0.0690. The quantitative estimate of drug-likeness (QED) is 0.425. The van der Waals surface area contributed by atoms with Gasteiger partial charge in [-0.3, -0.25) is 0 Å². The van der Waals surface area contributed by atoms with Crippen molar-refractivity contribution in [2.45, 2.75) is 38.8 Å². The standard InChI is InChI=1S/C24H30N8O/c1-24(2,3)29-17-9-10-32(14-17)23-27-13-20(30-31-23)18-7-5-15(11-21(18)33)19-8-6-16(12-25)22(26-4)28-19/h5-8,11-13,17,25,29,33H,9-10,14H2,1-4H3,(H,26,28). The Morgan fingerprint density at radius 3 is 2.61 bits per heavy atom. The number of pyridine rings is 1. The van der Waals surface area contributed by atoms with E-state index in [-0.39, 0.29) is 11.3 Å². The van der Waals surface area contributed by atoms with Gasteiger partial charge >= 0.3 is 0 Å². The zero-order valence-corrected chi connectivity index (χ0v) is 19.4. The van der Waals surface area contributed by atoms with Crippen molar-refractivity contribution >= 4 is 18.0 Å². The summed E-state index contributed by atoms with van der Waals surface area (Å²) in [5.74, 6) is 1.29. The smallest absolute Gasteiger partial charge is 0.245 e. The molecule has 3 aromatic rings. The lowest BCUT2D eigenvalue weighted by molar-refractivity contribution is 0.373. The van der Waals surface area contributed by atoms with Gasteiger partial charge in [0.1, 0.15) is 17.3 Å². The molecule has 4 N–H and O–H groups in total. The van der Waals surface area contributed by atoms with Crippen LogP contribution in [0, 0.1) is 5.41 Å². The number of phenols is 1. The summed E-state index contributed by atoms with van der Waals surface area (Å²) in [5.41, 5.74) is 3.29. The maximum Gasteiger partial charge on any atom is 0.245 e. The van der Waals surface area contributed by atoms with E-state index in [1.54, 1.807) is 25.4 Å². The summed E-state index contributed by atoms with van der Waals surface area (Å²) >= 11 is 0. The van der Waals surface area contributed by atoms with Gasteiger partial charge in [-0.15, -0.1) is 10.2 Å². The summed E-state index contributed by atoms with van der Waals surface area (Å²) in [5, 5.41) is 33.4. The number of nitrogens with zero attached hydrogens (tertiary/aromatic N) is 5. The van der Waals surface area contributed by atoms with Crippen LogP contribution in [0.5, 0.6) is 5.75 Å². The Morgan fingerprint density at radius 2 is 1.97 bits per heavy atom. The topological polar surface area (TPSA) is 123 Å². The van der Waals surface area contributed by atoms with Gasteiger partial charge in [-0.1, -0.05) is 6.07 Å². The van der Waals surface area contributed by atoms with Crippen molar-refractivity contribution in [3.8, 4) is 28.3 Å². The number of phenolic OH excluding ortho intramolecular Hbond substituents is 1. The molecule has 3 heterocycles. The van der Waals surface area contributed by atoms with E-state index < -0.39 is 0 Å². The number of hydrogen-bond donors (Lipinski definition) is 4. The first-order valence-corrected chi connectivity index (χ1v) is 11.0. The minimum absolute atomic E-state index is 0.0690. The van der Waals surface area contributed by atoms with Crippen LogP contribution in [-0.4, -0.2) is 63.2 Å². The molecule has 0 bridgehead atoms. The highest BCUT2D eigenvalue weighted by molar-refractivity contribution is 5.85. The monoisotopic (exact) mass is 446 g/mol. The van der Waals surface area contributed by atoms with Gasteiger partial charge in [-0.05, 0) is 51.5 Å². The minimum Gasteiger partial charge on any atom is -0.507 e. The molecule has 1 fully saturated rings. The van der Waals surface area contributed by atoms with Crippen LogP contribution in [0.4, 0.5) is 11.8 Å². The zero-order chi connectivity index (χ0) is 23.6. The SMILES string of the molecule is CNc1nc(-c2ccc(-c3cnc(N4CCC(NC(C)(C)C)C4)nn3)c(O)c2)ccc1C=N. The third-order valence-corrected chi connectivity index (χ3v) is 5.55. The summed E-state index contributed by atoms with van der Waals surface area (Å²) in [7, 11) is 1.76. The summed E-state index contributed by atoms with van der Waals surface area (Å²) in [4.78, 5) is 11.2. The van der Waals surface area contributed by atoms with Crippen molar-refractivity contribution in [2.75, 3.05) is 30.4 Å². The molecule has 33 heavy (non-hydrogen) atoms. The van der Waals surface area contributed by atoms with Crippen LogP contribution in [0.25, 0.3) is 22.5 Å². The molecule has 1 aliphatic rings. The maximum atomic E-state index is 10.7. The molecule has 1 aromatic carbocycles. The van der Waals surface area contributed by atoms with Gasteiger partial charge in [0, 0.05) is 54.6 Å². The first kappa shape index (κ1) is 22.6. The predicted octanol–water partition coefficient (Wildman–Crippen LogP) is 3.31. The molecule has 0 aliphatic carbocycles. The number of nitrogens with one attached hydrogen (secondary N) is 3. The number of benzene rings is 1. The van der Waals surface area contributed by atoms with E-state index >= 15 is 0 Å². The number of rotatable bonds is 6. The molecule has 172 valence electrons. The Bertz CT molecular complexity index is 1140. The molecular weight excluding hydrogens is 416 g/mol. The molecule has 9 heteroatoms. The fourth-order valence-corrected chi connectivity index (χ4v) is 4.06. The van der Waals surface area contributed by atoms with Crippen molar-refractivity contribution in [1.29, 1.82) is 5.41 Å². The average Bonchev–Trinajstić information content (AvgIpc) is 3.25. The first-order chi connectivity index (χ1) is 15.8. The second-order valence-electron chi connectivity index (χ2n) is 9.23. The summed E-state index contributed by atoms with van der Waals surface area (Å²) in [6.07, 6.45) is 3.94. The van der Waals surface area contributed by atoms with Gasteiger partial charge in [0.25, 0.3) is 0 Å². The van der Waals surface area contributed by atoms with E-state index in [0.29, 0.717) is 40.3 Å². The summed E-state index contributed by atoms with van der Waals surface area (Å²) < 4.78 is 0. The van der Waals surface area contributed by atoms with E-state index in [1.807, 2.05) is 18.2 Å². The normalized spacial score (nSPS) is 16.1. The molecule has 0 spiro atoms. The number of aromatic hydroxyl groups is 1. The highest BCUT2D eigenvalue weighted by atomic mass is 16.3. The van der Waals surface area contributed by atoms with Crippen molar-refractivity contribution in [2.24, 2.45) is 0 Å². The molecule has 0 radical (unpaired) electrons. The lowest BCUT2D eigenvalue weighted by Crippen LogP contribution is -2.45. The van der Waals surface area contributed by atoms with Gasteiger partial charge in [-0.25, -0.2) is 9.97 Å². The van der Waals surface area contributed by atoms with Gasteiger partial charge in [0.05, 0.1) is 11.9 Å². The van der Waals surface area contributed by atoms with Crippen LogP contribution in [0.15, 0.2) is 36.5 Å². The molecule has 1 unspecified atom stereocenters. The lowest BCUT2D eigenvalue weighted by Gasteiger charge is -2.25. The van der Waals surface area contributed by atoms with Crippen LogP contribution in [-0.2, 0) is 0 Å². The average molecular weight is 447 g/mol. The third kappa shape index (κ3) is 5.09. The lowest BCUT2D eigenvalue weighted by atomic mass is 10.0. The Morgan fingerprint density at radius 1 is 1.15 bits per heavy atom. The van der Waals surface area contributed by atoms with Gasteiger partial charge in [0.2, 0.25) is 5.95 Å². The summed E-state index contributed by atoms with van der Waals surface area (Å²) in [6.45, 7) is 8.23. The Hall–Kier alpha value is -3.59. The highest BCUT2D eigenvalue weighted by Crippen LogP contribution is 2.32. The first-order valence-electron chi connectivity index (χ1n) is 11.0. The molecule has 1 aliphatic heterocycles. The van der Waals surface area contributed by atoms with E-state index in [2.05, 4.69) is 56.5 Å². The van der Waals surface area contributed by atoms with Crippen molar-refractivity contribution in [1.82, 2.24) is 25.5 Å². The second-order valence-corrected chi connectivity index (χ2v) is 9.23. The number of anilines is 2. The predicted molar refractivity (Wildman–Crippen MR) is 131 cm³/mol. The van der Waals surface area contributed by atoms with Gasteiger partial charge < -0.3 is 26.0 Å². The van der Waals surface area contributed by atoms with Crippen LogP contribution in [0.2, 0.25) is 0 Å². The Balaban J connectivity index is 1.51. The van der Waals surface area contributed by atoms with Crippen LogP contribution < -0.4 is 15.5 Å². The van der Waals surface area contributed by atoms with E-state index in [9.17, 15) is 5.11 Å². The van der Waals surface area contributed by atoms with Crippen LogP contribution >= 0.6 is 0 Å². The van der Waals surface area contributed by atoms with Gasteiger partial charge in [0.15, 0.2) is 0 Å². The Labute approximate surface area is 193 Å². The molecular formula is C24H30N8O. The Kier molecular flexibility index (Phi) is 6.24. The number of hydrogen-bond acceptors (Lipinski definition) is 9. The fraction of sp³-hybridized carbons (Fsp3) is 0.375. The molecule has 2 aromatic heterocycles. The van der Waals surface area contributed by atoms with E-state index in [0.717, 1.165) is 25.1 Å². The van der Waals surface area contributed by atoms with Crippen LogP contribution in [0.3, 0.4) is 0 Å². The van der Waals surface area contributed by atoms with Crippen molar-refractivity contribution < 1.29 is 5.11 Å². The molecule has 9 nitrogen and oxygen atoms in total. The molecule has 0 amide bonds. The second kappa shape index (κ2) is 9.11. The third-order valence-electron chi connectivity index (χ3n) is 5.55. The fourth-order valence-electron chi connectivity index (χ4n) is 4.06. The van der Waals surface area contributed by atoms with Crippen LogP contribution in [0.1, 0.15) is 32.8 Å². The van der Waals surface area contributed by atoms with Crippen molar-refractivity contribution in [3.05, 3.63) is 42.1 Å². The van der Waals surface area contributed by atoms with Crippen molar-refractivity contribution in [3.63, 3.8) is 0 Å².